The predicted molar refractivity (Wildman–Crippen MR) is 62.9 cm³/mol. The van der Waals surface area contributed by atoms with Crippen LogP contribution in [0.3, 0.4) is 0 Å². The molecule has 4 nitrogen and oxygen atoms in total. The Hall–Kier alpha value is -1.06. The third kappa shape index (κ3) is 2.74. The van der Waals surface area contributed by atoms with E-state index < -0.39 is 0 Å². The lowest BCUT2D eigenvalue weighted by Gasteiger charge is -2.36. The zero-order valence-corrected chi connectivity index (χ0v) is 10.5. The van der Waals surface area contributed by atoms with Gasteiger partial charge in [0.2, 0.25) is 11.8 Å². The molecule has 16 heavy (non-hydrogen) atoms. The molecule has 0 aliphatic carbocycles. The van der Waals surface area contributed by atoms with Crippen LogP contribution in [0.2, 0.25) is 0 Å². The maximum absolute atomic E-state index is 11.8. The van der Waals surface area contributed by atoms with Gasteiger partial charge in [0.15, 0.2) is 0 Å². The lowest BCUT2D eigenvalue weighted by atomic mass is 10.00. The van der Waals surface area contributed by atoms with E-state index in [1.165, 1.54) is 0 Å². The van der Waals surface area contributed by atoms with Gasteiger partial charge in [-0.2, -0.15) is 0 Å². The van der Waals surface area contributed by atoms with Gasteiger partial charge >= 0.3 is 0 Å². The number of nitrogens with one attached hydrogen (secondary N) is 1. The number of carbonyl (C=O) groups excluding carboxylic acids is 2. The summed E-state index contributed by atoms with van der Waals surface area (Å²) in [5.41, 5.74) is 0. The molecule has 1 N–H and O–H groups in total. The Morgan fingerprint density at radius 1 is 1.31 bits per heavy atom. The summed E-state index contributed by atoms with van der Waals surface area (Å²) in [5.74, 6) is 0.551. The van der Waals surface area contributed by atoms with E-state index in [0.29, 0.717) is 12.3 Å². The predicted octanol–water partition coefficient (Wildman–Crippen LogP) is 1.16. The van der Waals surface area contributed by atoms with E-state index in [-0.39, 0.29) is 24.4 Å². The second kappa shape index (κ2) is 5.87. The Bertz CT molecular complexity index is 262. The molecule has 1 rings (SSSR count). The largest absolute Gasteiger partial charge is 0.345 e. The van der Waals surface area contributed by atoms with Gasteiger partial charge in [-0.05, 0) is 12.3 Å². The second-order valence-electron chi connectivity index (χ2n) is 4.37. The molecule has 1 heterocycles. The fraction of sp³-hybridized carbons (Fsp3) is 0.833. The van der Waals surface area contributed by atoms with Crippen molar-refractivity contribution < 1.29 is 9.59 Å². The highest BCUT2D eigenvalue weighted by atomic mass is 16.2. The molecule has 1 aliphatic rings. The number of piperazine rings is 1. The van der Waals surface area contributed by atoms with Crippen LogP contribution in [0.15, 0.2) is 0 Å². The molecule has 4 heteroatoms. The molecule has 0 spiro atoms. The van der Waals surface area contributed by atoms with Crippen LogP contribution in [-0.2, 0) is 9.59 Å². The van der Waals surface area contributed by atoms with Gasteiger partial charge in [-0.3, -0.25) is 9.59 Å². The van der Waals surface area contributed by atoms with E-state index in [2.05, 4.69) is 19.2 Å². The topological polar surface area (TPSA) is 49.4 Å². The zero-order chi connectivity index (χ0) is 12.1. The van der Waals surface area contributed by atoms with Crippen molar-refractivity contribution in [2.24, 2.45) is 5.92 Å². The smallest absolute Gasteiger partial charge is 0.243 e. The van der Waals surface area contributed by atoms with Crippen molar-refractivity contribution in [2.45, 2.75) is 46.1 Å². The molecule has 0 bridgehead atoms. The third-order valence-corrected chi connectivity index (χ3v) is 3.41. The van der Waals surface area contributed by atoms with Crippen LogP contribution in [0.5, 0.6) is 0 Å². The molecule has 92 valence electrons. The summed E-state index contributed by atoms with van der Waals surface area (Å²) in [6.07, 6.45) is 2.80. The Balaban J connectivity index is 2.71. The maximum Gasteiger partial charge on any atom is 0.243 e. The van der Waals surface area contributed by atoms with Crippen LogP contribution in [0, 0.1) is 5.92 Å². The highest BCUT2D eigenvalue weighted by molar-refractivity contribution is 5.94. The van der Waals surface area contributed by atoms with Crippen LogP contribution >= 0.6 is 0 Å². The first-order valence-corrected chi connectivity index (χ1v) is 6.21. The van der Waals surface area contributed by atoms with Crippen molar-refractivity contribution in [2.75, 3.05) is 13.1 Å². The summed E-state index contributed by atoms with van der Waals surface area (Å²) in [7, 11) is 0. The van der Waals surface area contributed by atoms with Crippen molar-refractivity contribution in [3.05, 3.63) is 0 Å². The van der Waals surface area contributed by atoms with Crippen molar-refractivity contribution in [1.29, 1.82) is 0 Å². The first-order valence-electron chi connectivity index (χ1n) is 6.21. The first kappa shape index (κ1) is 13.0. The summed E-state index contributed by atoms with van der Waals surface area (Å²) >= 11 is 0. The van der Waals surface area contributed by atoms with Crippen LogP contribution < -0.4 is 5.32 Å². The van der Waals surface area contributed by atoms with Crippen molar-refractivity contribution in [3.8, 4) is 0 Å². The normalized spacial score (nSPS) is 21.5. The number of amides is 2. The van der Waals surface area contributed by atoms with Gasteiger partial charge in [-0.1, -0.05) is 33.6 Å². The molecule has 1 saturated heterocycles. The van der Waals surface area contributed by atoms with E-state index in [1.54, 1.807) is 4.90 Å². The van der Waals surface area contributed by atoms with Crippen molar-refractivity contribution in [3.63, 3.8) is 0 Å². The van der Waals surface area contributed by atoms with Gasteiger partial charge in [-0.15, -0.1) is 0 Å². The third-order valence-electron chi connectivity index (χ3n) is 3.41. The summed E-state index contributed by atoms with van der Waals surface area (Å²) in [6.45, 7) is 7.09. The van der Waals surface area contributed by atoms with Gasteiger partial charge in [-0.25, -0.2) is 0 Å². The Morgan fingerprint density at radius 3 is 2.44 bits per heavy atom. The summed E-state index contributed by atoms with van der Waals surface area (Å²) < 4.78 is 0. The molecule has 1 unspecified atom stereocenters. The fourth-order valence-electron chi connectivity index (χ4n) is 2.16. The molecule has 1 aliphatic heterocycles. The molecule has 0 aromatic rings. The number of nitrogens with zero attached hydrogens (tertiary/aromatic N) is 1. The molecule has 0 aromatic heterocycles. The molecule has 1 atom stereocenters. The number of hydrogen-bond acceptors (Lipinski definition) is 2. The monoisotopic (exact) mass is 226 g/mol. The van der Waals surface area contributed by atoms with Crippen LogP contribution in [-0.4, -0.2) is 35.8 Å². The van der Waals surface area contributed by atoms with Crippen LogP contribution in [0.25, 0.3) is 0 Å². The highest BCUT2D eigenvalue weighted by Crippen LogP contribution is 2.16. The Labute approximate surface area is 97.4 Å². The average Bonchev–Trinajstić information content (AvgIpc) is 2.30. The average molecular weight is 226 g/mol. The highest BCUT2D eigenvalue weighted by Gasteiger charge is 2.33. The quantitative estimate of drug-likeness (QED) is 0.764. The fourth-order valence-corrected chi connectivity index (χ4v) is 2.16. The Kier molecular flexibility index (Phi) is 4.77. The SMILES string of the molecule is CCC(CC)CN1C(=O)CNC(=O)C1CC. The van der Waals surface area contributed by atoms with E-state index in [4.69, 9.17) is 0 Å². The zero-order valence-electron chi connectivity index (χ0n) is 10.5. The van der Waals surface area contributed by atoms with Gasteiger partial charge < -0.3 is 10.2 Å². The molecular weight excluding hydrogens is 204 g/mol. The van der Waals surface area contributed by atoms with Gasteiger partial charge in [0.1, 0.15) is 6.04 Å². The number of rotatable bonds is 5. The minimum absolute atomic E-state index is 0.00643. The molecule has 2 amide bonds. The van der Waals surface area contributed by atoms with E-state index in [9.17, 15) is 9.59 Å². The standard InChI is InChI=1S/C12H22N2O2/c1-4-9(5-2)8-14-10(6-3)12(16)13-7-11(14)15/h9-10H,4-8H2,1-3H3,(H,13,16). The number of hydrogen-bond donors (Lipinski definition) is 1. The Morgan fingerprint density at radius 2 is 1.94 bits per heavy atom. The lowest BCUT2D eigenvalue weighted by Crippen LogP contribution is -2.59. The van der Waals surface area contributed by atoms with Crippen molar-refractivity contribution in [1.82, 2.24) is 10.2 Å². The molecule has 0 saturated carbocycles. The first-order chi connectivity index (χ1) is 7.63. The number of carbonyl (C=O) groups is 2. The minimum atomic E-state index is -0.262. The van der Waals surface area contributed by atoms with Crippen molar-refractivity contribution >= 4 is 11.8 Å². The summed E-state index contributed by atoms with van der Waals surface area (Å²) in [4.78, 5) is 25.2. The second-order valence-corrected chi connectivity index (χ2v) is 4.37. The lowest BCUT2D eigenvalue weighted by molar-refractivity contribution is -0.146. The maximum atomic E-state index is 11.8. The summed E-state index contributed by atoms with van der Waals surface area (Å²) in [5, 5.41) is 2.64. The van der Waals surface area contributed by atoms with Gasteiger partial charge in [0.05, 0.1) is 6.54 Å². The summed E-state index contributed by atoms with van der Waals surface area (Å²) in [6, 6.07) is -0.262. The molecule has 0 radical (unpaired) electrons. The van der Waals surface area contributed by atoms with Crippen LogP contribution in [0.4, 0.5) is 0 Å². The van der Waals surface area contributed by atoms with Crippen LogP contribution in [0.1, 0.15) is 40.0 Å². The molecule has 1 fully saturated rings. The van der Waals surface area contributed by atoms with E-state index >= 15 is 0 Å². The van der Waals surface area contributed by atoms with E-state index in [0.717, 1.165) is 19.4 Å². The van der Waals surface area contributed by atoms with Gasteiger partial charge in [0, 0.05) is 6.54 Å². The van der Waals surface area contributed by atoms with Gasteiger partial charge in [0.25, 0.3) is 0 Å². The molecular formula is C12H22N2O2. The van der Waals surface area contributed by atoms with E-state index in [1.807, 2.05) is 6.92 Å². The molecule has 0 aromatic carbocycles. The minimum Gasteiger partial charge on any atom is -0.345 e.